The molecule has 0 amide bonds. The Balaban J connectivity index is 2.68. The summed E-state index contributed by atoms with van der Waals surface area (Å²) in [6.07, 6.45) is 11.4. The van der Waals surface area contributed by atoms with Crippen LogP contribution in [-0.4, -0.2) is 0 Å². The highest BCUT2D eigenvalue weighted by Crippen LogP contribution is 2.14. The monoisotopic (exact) mass is 220 g/mol. The predicted molar refractivity (Wildman–Crippen MR) is 66.6 cm³/mol. The SMILES string of the molecule is C\C=C/C=C\C=C\c1ccc(S)c(F)c1. The van der Waals surface area contributed by atoms with Crippen LogP contribution in [0.4, 0.5) is 4.39 Å². The minimum absolute atomic E-state index is 0.294. The first-order valence-corrected chi connectivity index (χ1v) is 5.13. The molecule has 0 atom stereocenters. The minimum Gasteiger partial charge on any atom is -0.206 e. The number of benzene rings is 1. The molecule has 0 N–H and O–H groups in total. The Bertz CT molecular complexity index is 403. The van der Waals surface area contributed by atoms with E-state index in [1.165, 1.54) is 6.07 Å². The van der Waals surface area contributed by atoms with E-state index in [-0.39, 0.29) is 5.82 Å². The van der Waals surface area contributed by atoms with Gasteiger partial charge in [0.2, 0.25) is 0 Å². The maximum absolute atomic E-state index is 13.1. The second kappa shape index (κ2) is 6.25. The van der Waals surface area contributed by atoms with Gasteiger partial charge in [0.15, 0.2) is 0 Å². The van der Waals surface area contributed by atoms with Crippen molar-refractivity contribution in [2.75, 3.05) is 0 Å². The topological polar surface area (TPSA) is 0 Å². The molecule has 0 heterocycles. The summed E-state index contributed by atoms with van der Waals surface area (Å²) in [5.74, 6) is -0.294. The molecule has 78 valence electrons. The zero-order valence-electron chi connectivity index (χ0n) is 8.52. The maximum Gasteiger partial charge on any atom is 0.137 e. The third-order valence-electron chi connectivity index (χ3n) is 1.79. The number of halogens is 1. The number of allylic oxidation sites excluding steroid dienone is 5. The van der Waals surface area contributed by atoms with Gasteiger partial charge < -0.3 is 0 Å². The zero-order chi connectivity index (χ0) is 11.1. The van der Waals surface area contributed by atoms with Crippen molar-refractivity contribution in [3.63, 3.8) is 0 Å². The fourth-order valence-corrected chi connectivity index (χ4v) is 1.17. The Morgan fingerprint density at radius 3 is 2.53 bits per heavy atom. The van der Waals surface area contributed by atoms with E-state index in [1.807, 2.05) is 49.4 Å². The summed E-state index contributed by atoms with van der Waals surface area (Å²) in [7, 11) is 0. The van der Waals surface area contributed by atoms with E-state index < -0.39 is 0 Å². The second-order valence-corrected chi connectivity index (χ2v) is 3.46. The van der Waals surface area contributed by atoms with Gasteiger partial charge in [-0.2, -0.15) is 0 Å². The first-order valence-electron chi connectivity index (χ1n) is 4.68. The highest BCUT2D eigenvalue weighted by molar-refractivity contribution is 7.80. The lowest BCUT2D eigenvalue weighted by molar-refractivity contribution is 0.602. The molecule has 0 unspecified atom stereocenters. The molecule has 1 aromatic rings. The second-order valence-electron chi connectivity index (χ2n) is 2.98. The average Bonchev–Trinajstić information content (AvgIpc) is 2.23. The molecule has 15 heavy (non-hydrogen) atoms. The summed E-state index contributed by atoms with van der Waals surface area (Å²) < 4.78 is 13.1. The maximum atomic E-state index is 13.1. The van der Waals surface area contributed by atoms with Gasteiger partial charge in [-0.1, -0.05) is 42.5 Å². The van der Waals surface area contributed by atoms with Gasteiger partial charge >= 0.3 is 0 Å². The number of hydrogen-bond donors (Lipinski definition) is 1. The molecule has 1 aromatic carbocycles. The molecular formula is C13H13FS. The van der Waals surface area contributed by atoms with Gasteiger partial charge in [-0.05, 0) is 24.6 Å². The van der Waals surface area contributed by atoms with Gasteiger partial charge in [-0.15, -0.1) is 12.6 Å². The van der Waals surface area contributed by atoms with E-state index in [9.17, 15) is 4.39 Å². The van der Waals surface area contributed by atoms with Crippen LogP contribution in [-0.2, 0) is 0 Å². The Morgan fingerprint density at radius 1 is 1.13 bits per heavy atom. The van der Waals surface area contributed by atoms with Crippen molar-refractivity contribution in [2.45, 2.75) is 11.8 Å². The van der Waals surface area contributed by atoms with Gasteiger partial charge in [-0.3, -0.25) is 0 Å². The van der Waals surface area contributed by atoms with E-state index in [0.29, 0.717) is 4.90 Å². The minimum atomic E-state index is -0.294. The third-order valence-corrected chi connectivity index (χ3v) is 2.15. The molecule has 0 fully saturated rings. The van der Waals surface area contributed by atoms with Gasteiger partial charge in [0, 0.05) is 4.90 Å². The Hall–Kier alpha value is -1.28. The van der Waals surface area contributed by atoms with Gasteiger partial charge in [-0.25, -0.2) is 4.39 Å². The lowest BCUT2D eigenvalue weighted by atomic mass is 10.2. The summed E-state index contributed by atoms with van der Waals surface area (Å²) in [6.45, 7) is 1.95. The number of thiol groups is 1. The fourth-order valence-electron chi connectivity index (χ4n) is 1.03. The van der Waals surface area contributed by atoms with Crippen molar-refractivity contribution in [1.82, 2.24) is 0 Å². The third kappa shape index (κ3) is 4.17. The van der Waals surface area contributed by atoms with Crippen molar-refractivity contribution in [3.05, 3.63) is 60.0 Å². The molecule has 0 radical (unpaired) electrons. The molecule has 0 saturated heterocycles. The van der Waals surface area contributed by atoms with Crippen molar-refractivity contribution >= 4 is 18.7 Å². The van der Waals surface area contributed by atoms with Gasteiger partial charge in [0.25, 0.3) is 0 Å². The molecule has 2 heteroatoms. The molecule has 0 aromatic heterocycles. The zero-order valence-corrected chi connectivity index (χ0v) is 9.42. The summed E-state index contributed by atoms with van der Waals surface area (Å²) in [4.78, 5) is 0.372. The van der Waals surface area contributed by atoms with Crippen molar-refractivity contribution in [2.24, 2.45) is 0 Å². The molecule has 0 aliphatic carbocycles. The largest absolute Gasteiger partial charge is 0.206 e. The molecule has 0 saturated carbocycles. The van der Waals surface area contributed by atoms with Crippen LogP contribution in [0.1, 0.15) is 12.5 Å². The van der Waals surface area contributed by atoms with E-state index in [2.05, 4.69) is 12.6 Å². The van der Waals surface area contributed by atoms with Crippen LogP contribution in [0, 0.1) is 5.82 Å². The molecule has 0 spiro atoms. The highest BCUT2D eigenvalue weighted by atomic mass is 32.1. The van der Waals surface area contributed by atoms with Crippen LogP contribution in [0.25, 0.3) is 6.08 Å². The Morgan fingerprint density at radius 2 is 1.87 bits per heavy atom. The van der Waals surface area contributed by atoms with E-state index in [1.54, 1.807) is 6.07 Å². The van der Waals surface area contributed by atoms with Crippen molar-refractivity contribution in [1.29, 1.82) is 0 Å². The van der Waals surface area contributed by atoms with Crippen molar-refractivity contribution in [3.8, 4) is 0 Å². The lowest BCUT2D eigenvalue weighted by Crippen LogP contribution is -1.78. The first-order chi connectivity index (χ1) is 7.24. The standard InChI is InChI=1S/C13H13FS/c1-2-3-4-5-6-7-11-8-9-13(15)12(14)10-11/h2-10,15H,1H3/b3-2-,5-4-,7-6+. The van der Waals surface area contributed by atoms with E-state index in [4.69, 9.17) is 0 Å². The summed E-state index contributed by atoms with van der Waals surface area (Å²) in [5.41, 5.74) is 0.829. The number of rotatable bonds is 3. The van der Waals surface area contributed by atoms with E-state index in [0.717, 1.165) is 5.56 Å². The van der Waals surface area contributed by atoms with E-state index >= 15 is 0 Å². The molecule has 0 bridgehead atoms. The average molecular weight is 220 g/mol. The molecule has 1 rings (SSSR count). The molecule has 0 aliphatic heterocycles. The molecule has 0 aliphatic rings. The summed E-state index contributed by atoms with van der Waals surface area (Å²) in [5, 5.41) is 0. The van der Waals surface area contributed by atoms with Gasteiger partial charge in [0.05, 0.1) is 0 Å². The quantitative estimate of drug-likeness (QED) is 0.571. The first kappa shape index (κ1) is 11.8. The fraction of sp³-hybridized carbons (Fsp3) is 0.0769. The Kier molecular flexibility index (Phi) is 4.91. The van der Waals surface area contributed by atoms with Crippen LogP contribution in [0.15, 0.2) is 53.5 Å². The van der Waals surface area contributed by atoms with Crippen LogP contribution in [0.3, 0.4) is 0 Å². The van der Waals surface area contributed by atoms with Crippen molar-refractivity contribution < 1.29 is 4.39 Å². The molecular weight excluding hydrogens is 207 g/mol. The normalized spacial score (nSPS) is 12.2. The van der Waals surface area contributed by atoms with Crippen LogP contribution in [0.5, 0.6) is 0 Å². The lowest BCUT2D eigenvalue weighted by Gasteiger charge is -1.96. The summed E-state index contributed by atoms with van der Waals surface area (Å²) in [6, 6.07) is 4.93. The summed E-state index contributed by atoms with van der Waals surface area (Å²) >= 11 is 3.96. The smallest absolute Gasteiger partial charge is 0.137 e. The Labute approximate surface area is 95.2 Å². The van der Waals surface area contributed by atoms with Crippen LogP contribution >= 0.6 is 12.6 Å². The highest BCUT2D eigenvalue weighted by Gasteiger charge is 1.96. The predicted octanol–water partition coefficient (Wildman–Crippen LogP) is 4.26. The number of hydrogen-bond acceptors (Lipinski definition) is 1. The molecule has 0 nitrogen and oxygen atoms in total. The van der Waals surface area contributed by atoms with Crippen LogP contribution < -0.4 is 0 Å². The van der Waals surface area contributed by atoms with Crippen LogP contribution in [0.2, 0.25) is 0 Å². The van der Waals surface area contributed by atoms with Gasteiger partial charge in [0.1, 0.15) is 5.82 Å².